The molecule has 0 atom stereocenters. The molecule has 0 aliphatic rings. The Morgan fingerprint density at radius 3 is 2.65 bits per heavy atom. The van der Waals surface area contributed by atoms with Crippen molar-refractivity contribution in [2.75, 3.05) is 5.32 Å². The number of aryl methyl sites for hydroxylation is 2. The largest absolute Gasteiger partial charge is 0.326 e. The Morgan fingerprint density at radius 2 is 1.85 bits per heavy atom. The van der Waals surface area contributed by atoms with Gasteiger partial charge in [0.15, 0.2) is 5.65 Å². The summed E-state index contributed by atoms with van der Waals surface area (Å²) < 4.78 is 1.90. The number of rotatable bonds is 7. The van der Waals surface area contributed by atoms with Crippen LogP contribution in [0.3, 0.4) is 0 Å². The summed E-state index contributed by atoms with van der Waals surface area (Å²) in [6.45, 7) is 4.05. The summed E-state index contributed by atoms with van der Waals surface area (Å²) >= 11 is 1.75. The number of thioether (sulfide) groups is 1. The number of nitrogens with zero attached hydrogens (tertiary/aromatic N) is 4. The molecule has 0 fully saturated rings. The first-order chi connectivity index (χ1) is 16.6. The molecule has 2 aromatic carbocycles. The highest BCUT2D eigenvalue weighted by Crippen LogP contribution is 2.25. The van der Waals surface area contributed by atoms with Gasteiger partial charge in [0.25, 0.3) is 0 Å². The zero-order valence-electron chi connectivity index (χ0n) is 19.2. The van der Waals surface area contributed by atoms with Crippen molar-refractivity contribution in [1.29, 1.82) is 0 Å². The summed E-state index contributed by atoms with van der Waals surface area (Å²) in [6.07, 6.45) is 4.66. The maximum Gasteiger partial charge on any atom is 0.224 e. The third-order valence-corrected chi connectivity index (χ3v) is 6.97. The second kappa shape index (κ2) is 9.65. The molecule has 1 amide bonds. The molecule has 0 saturated heterocycles. The van der Waals surface area contributed by atoms with Crippen LogP contribution in [0.1, 0.15) is 28.9 Å². The number of nitrogens with one attached hydrogen (secondary N) is 1. The van der Waals surface area contributed by atoms with E-state index in [4.69, 9.17) is 10.1 Å². The van der Waals surface area contributed by atoms with Crippen LogP contribution < -0.4 is 5.32 Å². The highest BCUT2D eigenvalue weighted by molar-refractivity contribution is 7.98. The number of hydrogen-bond donors (Lipinski definition) is 1. The van der Waals surface area contributed by atoms with E-state index in [0.29, 0.717) is 12.8 Å². The molecule has 5 aromatic rings. The molecule has 0 aliphatic carbocycles. The van der Waals surface area contributed by atoms with Crippen molar-refractivity contribution < 1.29 is 4.79 Å². The van der Waals surface area contributed by atoms with Crippen LogP contribution in [0.25, 0.3) is 16.6 Å². The van der Waals surface area contributed by atoms with Crippen LogP contribution in [0.4, 0.5) is 5.69 Å². The van der Waals surface area contributed by atoms with Gasteiger partial charge in [-0.15, -0.1) is 11.8 Å². The number of amides is 1. The molecule has 0 unspecified atom stereocenters. The van der Waals surface area contributed by atoms with E-state index in [2.05, 4.69) is 16.4 Å². The van der Waals surface area contributed by atoms with E-state index in [9.17, 15) is 4.79 Å². The minimum Gasteiger partial charge on any atom is -0.326 e. The third kappa shape index (κ3) is 4.65. The van der Waals surface area contributed by atoms with E-state index in [1.807, 2.05) is 79.2 Å². The number of anilines is 1. The molecule has 0 radical (unpaired) electrons. The van der Waals surface area contributed by atoms with E-state index >= 15 is 0 Å². The lowest BCUT2D eigenvalue weighted by Crippen LogP contribution is -2.14. The van der Waals surface area contributed by atoms with Gasteiger partial charge in [0.05, 0.1) is 5.52 Å². The molecule has 1 N–H and O–H groups in total. The molecule has 0 saturated carbocycles. The smallest absolute Gasteiger partial charge is 0.224 e. The molecule has 170 valence electrons. The number of benzene rings is 2. The minimum absolute atomic E-state index is 0.0136. The molecular formula is C27H25N5OS. The van der Waals surface area contributed by atoms with Gasteiger partial charge in [-0.25, -0.2) is 9.50 Å². The lowest BCUT2D eigenvalue weighted by molar-refractivity contribution is -0.116. The van der Waals surface area contributed by atoms with Crippen LogP contribution in [0, 0.1) is 13.8 Å². The molecule has 3 aromatic heterocycles. The SMILES string of the molecule is Cc1nc2c3ccccc3nn2c(C)c1CCC(=O)Nc1ccc(SCc2cccnc2)cc1. The Labute approximate surface area is 202 Å². The quantitative estimate of drug-likeness (QED) is 0.308. The molecule has 0 aliphatic heterocycles. The fourth-order valence-corrected chi connectivity index (χ4v) is 4.92. The third-order valence-electron chi connectivity index (χ3n) is 5.89. The van der Waals surface area contributed by atoms with Crippen molar-refractivity contribution in [1.82, 2.24) is 19.6 Å². The van der Waals surface area contributed by atoms with Gasteiger partial charge in [-0.1, -0.05) is 18.2 Å². The number of fused-ring (bicyclic) bond motifs is 3. The topological polar surface area (TPSA) is 72.2 Å². The fraction of sp³-hybridized carbons (Fsp3) is 0.185. The van der Waals surface area contributed by atoms with Crippen molar-refractivity contribution in [2.45, 2.75) is 37.3 Å². The van der Waals surface area contributed by atoms with Crippen molar-refractivity contribution in [2.24, 2.45) is 0 Å². The molecule has 34 heavy (non-hydrogen) atoms. The van der Waals surface area contributed by atoms with Crippen LogP contribution in [0.2, 0.25) is 0 Å². The van der Waals surface area contributed by atoms with E-state index in [1.54, 1.807) is 18.0 Å². The maximum absolute atomic E-state index is 12.6. The van der Waals surface area contributed by atoms with Gasteiger partial charge in [-0.05, 0) is 73.9 Å². The number of carbonyl (C=O) groups is 1. The van der Waals surface area contributed by atoms with Gasteiger partial charge in [0, 0.05) is 51.9 Å². The Bertz CT molecular complexity index is 1460. The van der Waals surface area contributed by atoms with Gasteiger partial charge in [0.1, 0.15) is 0 Å². The van der Waals surface area contributed by atoms with E-state index < -0.39 is 0 Å². The van der Waals surface area contributed by atoms with Gasteiger partial charge in [-0.2, -0.15) is 5.10 Å². The maximum atomic E-state index is 12.6. The first-order valence-corrected chi connectivity index (χ1v) is 12.2. The molecule has 6 nitrogen and oxygen atoms in total. The summed E-state index contributed by atoms with van der Waals surface area (Å²) in [5, 5.41) is 8.75. The number of hydrogen-bond acceptors (Lipinski definition) is 5. The van der Waals surface area contributed by atoms with Gasteiger partial charge in [-0.3, -0.25) is 9.78 Å². The molecule has 3 heterocycles. The Balaban J connectivity index is 1.22. The van der Waals surface area contributed by atoms with Crippen molar-refractivity contribution in [3.63, 3.8) is 0 Å². The van der Waals surface area contributed by atoms with E-state index in [-0.39, 0.29) is 5.91 Å². The highest BCUT2D eigenvalue weighted by atomic mass is 32.2. The second-order valence-electron chi connectivity index (χ2n) is 8.24. The summed E-state index contributed by atoms with van der Waals surface area (Å²) in [5.41, 5.74) is 6.81. The van der Waals surface area contributed by atoms with Gasteiger partial charge >= 0.3 is 0 Å². The van der Waals surface area contributed by atoms with Crippen LogP contribution in [0.15, 0.2) is 78.0 Å². The van der Waals surface area contributed by atoms with Crippen LogP contribution >= 0.6 is 11.8 Å². The second-order valence-corrected chi connectivity index (χ2v) is 9.28. The van der Waals surface area contributed by atoms with Crippen LogP contribution in [-0.2, 0) is 17.0 Å². The number of carbonyl (C=O) groups excluding carboxylic acids is 1. The lowest BCUT2D eigenvalue weighted by Gasteiger charge is -2.11. The van der Waals surface area contributed by atoms with E-state index in [1.165, 1.54) is 5.56 Å². The average Bonchev–Trinajstić information content (AvgIpc) is 3.23. The zero-order valence-corrected chi connectivity index (χ0v) is 20.0. The summed E-state index contributed by atoms with van der Waals surface area (Å²) in [4.78, 5) is 22.7. The summed E-state index contributed by atoms with van der Waals surface area (Å²) in [7, 11) is 0. The minimum atomic E-state index is -0.0136. The first-order valence-electron chi connectivity index (χ1n) is 11.2. The molecule has 7 heteroatoms. The van der Waals surface area contributed by atoms with Crippen molar-refractivity contribution in [3.05, 3.63) is 95.6 Å². The predicted molar refractivity (Wildman–Crippen MR) is 137 cm³/mol. The average molecular weight is 468 g/mol. The summed E-state index contributed by atoms with van der Waals surface area (Å²) in [5.74, 6) is 0.850. The fourth-order valence-electron chi connectivity index (χ4n) is 4.09. The van der Waals surface area contributed by atoms with E-state index in [0.717, 1.165) is 49.8 Å². The zero-order chi connectivity index (χ0) is 23.5. The Hall–Kier alpha value is -3.71. The first kappa shape index (κ1) is 22.1. The summed E-state index contributed by atoms with van der Waals surface area (Å²) in [6, 6.07) is 20.0. The Kier molecular flexibility index (Phi) is 6.27. The van der Waals surface area contributed by atoms with Crippen LogP contribution in [0.5, 0.6) is 0 Å². The molecular weight excluding hydrogens is 442 g/mol. The number of pyridine rings is 1. The molecule has 0 spiro atoms. The normalized spacial score (nSPS) is 11.2. The van der Waals surface area contributed by atoms with Crippen LogP contribution in [-0.4, -0.2) is 25.5 Å². The highest BCUT2D eigenvalue weighted by Gasteiger charge is 2.15. The van der Waals surface area contributed by atoms with Gasteiger partial charge < -0.3 is 5.32 Å². The predicted octanol–water partition coefficient (Wildman–Crippen LogP) is 5.76. The molecule has 0 bridgehead atoms. The molecule has 5 rings (SSSR count). The Morgan fingerprint density at radius 1 is 1.03 bits per heavy atom. The standard InChI is InChI=1S/C27H25N5OS/c1-18-23(19(2)32-27(29-18)24-7-3-4-8-25(24)31-32)13-14-26(33)30-21-9-11-22(12-10-21)34-17-20-6-5-15-28-16-20/h3-12,15-16H,13-14,17H2,1-2H3,(H,30,33). The van der Waals surface area contributed by atoms with Gasteiger partial charge in [0.2, 0.25) is 5.91 Å². The monoisotopic (exact) mass is 467 g/mol. The lowest BCUT2D eigenvalue weighted by atomic mass is 10.1. The van der Waals surface area contributed by atoms with Crippen molar-refractivity contribution >= 4 is 39.9 Å². The van der Waals surface area contributed by atoms with Crippen molar-refractivity contribution in [3.8, 4) is 0 Å². The number of aromatic nitrogens is 4.